The number of benzene rings is 1. The zero-order valence-electron chi connectivity index (χ0n) is 16.8. The fraction of sp³-hybridized carbons (Fsp3) is 0.227. The van der Waals surface area contributed by atoms with E-state index in [0.717, 1.165) is 33.9 Å². The lowest BCUT2D eigenvalue weighted by molar-refractivity contribution is 0.0954. The first-order valence-corrected chi connectivity index (χ1v) is 9.78. The predicted molar refractivity (Wildman–Crippen MR) is 113 cm³/mol. The second-order valence-corrected chi connectivity index (χ2v) is 6.80. The number of carbonyl (C=O) groups is 1. The highest BCUT2D eigenvalue weighted by Crippen LogP contribution is 2.30. The molecule has 1 aromatic carbocycles. The summed E-state index contributed by atoms with van der Waals surface area (Å²) < 4.78 is 5.83. The number of carbonyl (C=O) groups excluding carboxylic acids is 1. The molecule has 152 valence electrons. The highest BCUT2D eigenvalue weighted by molar-refractivity contribution is 5.99. The SMILES string of the molecule is CCOc1cc(-c2ccc(C)nc2)nc2cc(C(=O)NCCc3nnc[nH]3)ccc12. The number of aromatic nitrogens is 5. The van der Waals surface area contributed by atoms with Crippen LogP contribution in [0.3, 0.4) is 0 Å². The third kappa shape index (κ3) is 4.27. The number of aromatic amines is 1. The maximum absolute atomic E-state index is 12.6. The molecule has 1 amide bonds. The Balaban J connectivity index is 1.62. The average molecular weight is 402 g/mol. The first-order chi connectivity index (χ1) is 14.6. The minimum atomic E-state index is -0.168. The Morgan fingerprint density at radius 1 is 1.20 bits per heavy atom. The molecule has 0 saturated carbocycles. The molecule has 2 N–H and O–H groups in total. The second-order valence-electron chi connectivity index (χ2n) is 6.80. The first-order valence-electron chi connectivity index (χ1n) is 9.78. The van der Waals surface area contributed by atoms with Gasteiger partial charge in [0.15, 0.2) is 0 Å². The van der Waals surface area contributed by atoms with Gasteiger partial charge in [-0.2, -0.15) is 0 Å². The van der Waals surface area contributed by atoms with Crippen molar-refractivity contribution < 1.29 is 9.53 Å². The number of hydrogen-bond donors (Lipinski definition) is 2. The molecule has 0 radical (unpaired) electrons. The quantitative estimate of drug-likeness (QED) is 0.492. The molecule has 0 spiro atoms. The van der Waals surface area contributed by atoms with Gasteiger partial charge in [0.2, 0.25) is 0 Å². The van der Waals surface area contributed by atoms with E-state index in [-0.39, 0.29) is 5.91 Å². The highest BCUT2D eigenvalue weighted by Gasteiger charge is 2.12. The van der Waals surface area contributed by atoms with Crippen LogP contribution in [0.1, 0.15) is 28.8 Å². The number of nitrogens with zero attached hydrogens (tertiary/aromatic N) is 4. The number of rotatable bonds is 7. The van der Waals surface area contributed by atoms with Crippen molar-refractivity contribution in [2.45, 2.75) is 20.3 Å². The molecule has 3 heterocycles. The van der Waals surface area contributed by atoms with Crippen LogP contribution in [-0.4, -0.2) is 44.2 Å². The molecule has 0 unspecified atom stereocenters. The molecule has 0 bridgehead atoms. The van der Waals surface area contributed by atoms with Crippen molar-refractivity contribution in [1.82, 2.24) is 30.5 Å². The fourth-order valence-corrected chi connectivity index (χ4v) is 3.13. The number of hydrogen-bond acceptors (Lipinski definition) is 6. The fourth-order valence-electron chi connectivity index (χ4n) is 3.13. The minimum Gasteiger partial charge on any atom is -0.493 e. The normalized spacial score (nSPS) is 10.9. The largest absolute Gasteiger partial charge is 0.493 e. The molecule has 8 heteroatoms. The predicted octanol–water partition coefficient (Wildman–Crippen LogP) is 3.09. The Morgan fingerprint density at radius 3 is 2.83 bits per heavy atom. The Hall–Kier alpha value is -3.81. The van der Waals surface area contributed by atoms with Crippen molar-refractivity contribution >= 4 is 16.8 Å². The summed E-state index contributed by atoms with van der Waals surface area (Å²) in [5.74, 6) is 1.29. The van der Waals surface area contributed by atoms with Gasteiger partial charge in [-0.1, -0.05) is 0 Å². The van der Waals surface area contributed by atoms with Crippen LogP contribution in [0.25, 0.3) is 22.2 Å². The number of ether oxygens (including phenoxy) is 1. The number of pyridine rings is 2. The van der Waals surface area contributed by atoms with Crippen molar-refractivity contribution in [2.75, 3.05) is 13.2 Å². The van der Waals surface area contributed by atoms with E-state index in [2.05, 4.69) is 25.5 Å². The Kier molecular flexibility index (Phi) is 5.65. The second kappa shape index (κ2) is 8.69. The van der Waals surface area contributed by atoms with Crippen molar-refractivity contribution in [2.24, 2.45) is 0 Å². The number of amides is 1. The molecule has 0 aliphatic rings. The van der Waals surface area contributed by atoms with Crippen molar-refractivity contribution in [3.05, 3.63) is 66.0 Å². The maximum atomic E-state index is 12.6. The highest BCUT2D eigenvalue weighted by atomic mass is 16.5. The van der Waals surface area contributed by atoms with Gasteiger partial charge in [-0.3, -0.25) is 9.78 Å². The third-order valence-corrected chi connectivity index (χ3v) is 4.66. The van der Waals surface area contributed by atoms with Crippen molar-refractivity contribution in [3.8, 4) is 17.0 Å². The third-order valence-electron chi connectivity index (χ3n) is 4.66. The van der Waals surface area contributed by atoms with Gasteiger partial charge >= 0.3 is 0 Å². The summed E-state index contributed by atoms with van der Waals surface area (Å²) in [4.78, 5) is 24.6. The molecule has 8 nitrogen and oxygen atoms in total. The number of H-pyrrole nitrogens is 1. The van der Waals surface area contributed by atoms with Crippen LogP contribution in [0, 0.1) is 6.92 Å². The summed E-state index contributed by atoms with van der Waals surface area (Å²) in [7, 11) is 0. The van der Waals surface area contributed by atoms with E-state index < -0.39 is 0 Å². The van der Waals surface area contributed by atoms with E-state index in [1.165, 1.54) is 6.33 Å². The standard InChI is InChI=1S/C22H22N6O2/c1-3-30-20-11-18(16-5-4-14(2)24-12-16)27-19-10-15(6-7-17(19)20)22(29)23-9-8-21-25-13-26-28-21/h4-7,10-13H,3,8-9H2,1-2H3,(H,23,29)(H,25,26,28). The number of aryl methyl sites for hydroxylation is 1. The van der Waals surface area contributed by atoms with Gasteiger partial charge in [-0.15, -0.1) is 10.2 Å². The van der Waals surface area contributed by atoms with Crippen LogP contribution >= 0.6 is 0 Å². The topological polar surface area (TPSA) is 106 Å². The summed E-state index contributed by atoms with van der Waals surface area (Å²) in [5, 5.41) is 11.4. The van der Waals surface area contributed by atoms with Crippen LogP contribution in [0.5, 0.6) is 5.75 Å². The lowest BCUT2D eigenvalue weighted by Gasteiger charge is -2.12. The summed E-state index contributed by atoms with van der Waals surface area (Å²) in [5.41, 5.74) is 3.81. The zero-order valence-corrected chi connectivity index (χ0v) is 16.8. The van der Waals surface area contributed by atoms with Gasteiger partial charge in [-0.25, -0.2) is 4.98 Å². The van der Waals surface area contributed by atoms with E-state index in [4.69, 9.17) is 9.72 Å². The van der Waals surface area contributed by atoms with Crippen LogP contribution in [-0.2, 0) is 6.42 Å². The summed E-state index contributed by atoms with van der Waals surface area (Å²) >= 11 is 0. The molecular weight excluding hydrogens is 380 g/mol. The molecule has 30 heavy (non-hydrogen) atoms. The monoisotopic (exact) mass is 402 g/mol. The average Bonchev–Trinajstić information content (AvgIpc) is 3.27. The summed E-state index contributed by atoms with van der Waals surface area (Å²) in [6.45, 7) is 4.87. The zero-order chi connectivity index (χ0) is 20.9. The van der Waals surface area contributed by atoms with E-state index in [1.807, 2.05) is 38.1 Å². The van der Waals surface area contributed by atoms with Gasteiger partial charge in [0.25, 0.3) is 5.91 Å². The Bertz CT molecular complexity index is 1160. The van der Waals surface area contributed by atoms with Gasteiger partial charge in [0.1, 0.15) is 17.9 Å². The Morgan fingerprint density at radius 2 is 2.10 bits per heavy atom. The van der Waals surface area contributed by atoms with E-state index in [9.17, 15) is 4.79 Å². The first kappa shape index (κ1) is 19.5. The summed E-state index contributed by atoms with van der Waals surface area (Å²) in [6, 6.07) is 11.3. The Labute approximate surface area is 173 Å². The van der Waals surface area contributed by atoms with Crippen molar-refractivity contribution in [3.63, 3.8) is 0 Å². The van der Waals surface area contributed by atoms with Crippen molar-refractivity contribution in [1.29, 1.82) is 0 Å². The molecule has 0 aliphatic carbocycles. The summed E-state index contributed by atoms with van der Waals surface area (Å²) in [6.07, 6.45) is 3.89. The molecule has 0 saturated heterocycles. The lowest BCUT2D eigenvalue weighted by Crippen LogP contribution is -2.25. The molecule has 0 fully saturated rings. The van der Waals surface area contributed by atoms with E-state index in [1.54, 1.807) is 18.3 Å². The van der Waals surface area contributed by atoms with Gasteiger partial charge in [0.05, 0.1) is 17.8 Å². The molecular formula is C22H22N6O2. The van der Waals surface area contributed by atoms with Gasteiger partial charge < -0.3 is 15.0 Å². The minimum absolute atomic E-state index is 0.168. The lowest BCUT2D eigenvalue weighted by atomic mass is 10.1. The van der Waals surface area contributed by atoms with Crippen LogP contribution in [0.2, 0.25) is 0 Å². The number of nitrogens with one attached hydrogen (secondary N) is 2. The number of fused-ring (bicyclic) bond motifs is 1. The van der Waals surface area contributed by atoms with E-state index >= 15 is 0 Å². The van der Waals surface area contributed by atoms with Crippen LogP contribution in [0.4, 0.5) is 0 Å². The van der Waals surface area contributed by atoms with Crippen LogP contribution < -0.4 is 10.1 Å². The van der Waals surface area contributed by atoms with Crippen LogP contribution in [0.15, 0.2) is 48.9 Å². The molecule has 4 rings (SSSR count). The maximum Gasteiger partial charge on any atom is 0.251 e. The molecule has 0 atom stereocenters. The van der Waals surface area contributed by atoms with E-state index in [0.29, 0.717) is 30.7 Å². The van der Waals surface area contributed by atoms with Gasteiger partial charge in [0, 0.05) is 47.4 Å². The smallest absolute Gasteiger partial charge is 0.251 e. The molecule has 3 aromatic heterocycles. The molecule has 4 aromatic rings. The molecule has 0 aliphatic heterocycles. The van der Waals surface area contributed by atoms with Gasteiger partial charge in [-0.05, 0) is 44.2 Å².